The van der Waals surface area contributed by atoms with Crippen molar-refractivity contribution in [3.8, 4) is 0 Å². The fraction of sp³-hybridized carbons (Fsp3) is 0. The van der Waals surface area contributed by atoms with Crippen LogP contribution in [-0.2, 0) is 0 Å². The normalized spacial score (nSPS) is 11.4. The molecule has 0 bridgehead atoms. The smallest absolute Gasteiger partial charge is 0.510 e. The summed E-state index contributed by atoms with van der Waals surface area (Å²) >= 11 is -27.3. The van der Waals surface area contributed by atoms with Gasteiger partial charge in [-0.2, -0.15) is 0 Å². The fourth-order valence-corrected chi connectivity index (χ4v) is 0. The van der Waals surface area contributed by atoms with Crippen LogP contribution in [0.4, 0.5) is 56.4 Å². The Hall–Kier alpha value is 2.65. The van der Waals surface area contributed by atoms with E-state index < -0.39 is 59.7 Å². The Labute approximate surface area is 165 Å². The van der Waals surface area contributed by atoms with Crippen LogP contribution in [0.2, 0.25) is 0 Å². The zero-order valence-electron chi connectivity index (χ0n) is 9.36. The van der Waals surface area contributed by atoms with Gasteiger partial charge >= 0.3 is 59.7 Å². The zero-order valence-corrected chi connectivity index (χ0v) is 17.1. The van der Waals surface area contributed by atoms with Crippen LogP contribution >= 0.6 is 0 Å². The summed E-state index contributed by atoms with van der Waals surface area (Å²) in [5.74, 6) is 0. The van der Waals surface area contributed by atoms with E-state index in [1.807, 2.05) is 0 Å². The van der Waals surface area contributed by atoms with Crippen LogP contribution in [0.15, 0.2) is 0 Å². The summed E-state index contributed by atoms with van der Waals surface area (Å²) in [5.41, 5.74) is 0. The molecule has 21 heavy (non-hydrogen) atoms. The summed E-state index contributed by atoms with van der Waals surface area (Å²) in [6.45, 7) is 0. The Kier molecular flexibility index (Phi) is 24.8. The van der Waals surface area contributed by atoms with E-state index in [0.717, 1.165) is 0 Å². The first-order valence-electron chi connectivity index (χ1n) is 3.49. The molecule has 0 atom stereocenters. The van der Waals surface area contributed by atoms with Crippen LogP contribution in [-0.4, -0.2) is 111 Å². The van der Waals surface area contributed by atoms with E-state index >= 15 is 0 Å². The minimum absolute atomic E-state index is 0. The third kappa shape index (κ3) is 1380. The molecule has 0 N–H and O–H groups in total. The second-order valence-corrected chi connectivity index (χ2v) is 5.94. The molecule has 0 aliphatic heterocycles. The third-order valence-corrected chi connectivity index (χ3v) is 0. The molecular weight excluding hydrogens is 451 g/mol. The van der Waals surface area contributed by atoms with Gasteiger partial charge in [0.25, 0.3) is 0 Å². The Morgan fingerprint density at radius 3 is 0.238 bits per heavy atom. The molecule has 0 aromatic rings. The third-order valence-electron chi connectivity index (χ3n) is 0. The molecule has 0 amide bonds. The SMILES string of the molecule is [F][Al-]([F])([F])[F].[F][Al-]([F])([F])[F].[F][Al-]([F])([F])[F].[F][Al-]([F])([F])[F].[K]. The second kappa shape index (κ2) is 14.9. The average Bonchev–Trinajstić information content (AvgIpc) is 1.62. The van der Waals surface area contributed by atoms with E-state index in [0.29, 0.717) is 0 Å². The van der Waals surface area contributed by atoms with Crippen molar-refractivity contribution in [1.29, 1.82) is 0 Å². The standard InChI is InChI=1S/4Al.16FH.K/h;;;;16*1H;/q4*+3;;;;;;;;;;;;;;;;;/p-16. The van der Waals surface area contributed by atoms with Crippen LogP contribution in [0.1, 0.15) is 0 Å². The summed E-state index contributed by atoms with van der Waals surface area (Å²) in [6, 6.07) is 0. The Balaban J connectivity index is -0.0000000533. The van der Waals surface area contributed by atoms with Crippen LogP contribution in [0.5, 0.6) is 0 Å². The van der Waals surface area contributed by atoms with Gasteiger partial charge in [-0.3, -0.25) is 0 Å². The number of rotatable bonds is 0. The molecule has 1 radical (unpaired) electrons. The van der Waals surface area contributed by atoms with Gasteiger partial charge in [0, 0.05) is 51.4 Å². The molecule has 0 aliphatic rings. The fourth-order valence-electron chi connectivity index (χ4n) is 0. The van der Waals surface area contributed by atoms with E-state index in [1.165, 1.54) is 0 Å². The van der Waals surface area contributed by atoms with Gasteiger partial charge < -0.3 is 56.4 Å². The van der Waals surface area contributed by atoms with Gasteiger partial charge in [0.1, 0.15) is 0 Å². The van der Waals surface area contributed by atoms with Crippen LogP contribution < -0.4 is 0 Å². The maximum absolute atomic E-state index is 9.85. The van der Waals surface area contributed by atoms with Crippen LogP contribution in [0, 0.1) is 0 Å². The Bertz CT molecular complexity index is 130. The van der Waals surface area contributed by atoms with Crippen molar-refractivity contribution in [2.75, 3.05) is 0 Å². The van der Waals surface area contributed by atoms with E-state index in [9.17, 15) is 56.4 Å². The van der Waals surface area contributed by atoms with E-state index in [1.54, 1.807) is 0 Å². The van der Waals surface area contributed by atoms with Gasteiger partial charge in [-0.1, -0.05) is 0 Å². The molecule has 0 saturated carbocycles. The number of halogens is 16. The van der Waals surface area contributed by atoms with Gasteiger partial charge in [-0.15, -0.1) is 0 Å². The van der Waals surface area contributed by atoms with Crippen molar-refractivity contribution in [2.45, 2.75) is 0 Å². The van der Waals surface area contributed by atoms with Crippen LogP contribution in [0.25, 0.3) is 0 Å². The second-order valence-electron chi connectivity index (χ2n) is 1.98. The number of hydrogen-bond acceptors (Lipinski definition) is 0. The molecule has 0 aliphatic carbocycles. The van der Waals surface area contributed by atoms with Crippen molar-refractivity contribution in [3.63, 3.8) is 0 Å². The summed E-state index contributed by atoms with van der Waals surface area (Å²) in [6.07, 6.45) is 0. The molecule has 0 aromatic heterocycles. The molecule has 0 nitrogen and oxygen atoms in total. The molecule has 0 saturated heterocycles. The summed E-state index contributed by atoms with van der Waals surface area (Å²) in [5, 5.41) is 0. The number of hydrogen-bond donors (Lipinski definition) is 0. The van der Waals surface area contributed by atoms with Gasteiger partial charge in [0.15, 0.2) is 0 Å². The molecule has 0 heterocycles. The molecule has 0 aromatic carbocycles. The molecule has 0 unspecified atom stereocenters. The van der Waals surface area contributed by atoms with Gasteiger partial charge in [-0.25, -0.2) is 0 Å². The largest absolute Gasteiger partial charge is 1.04 e. The van der Waals surface area contributed by atoms with Crippen molar-refractivity contribution < 1.29 is 56.4 Å². The van der Waals surface area contributed by atoms with Crippen molar-refractivity contribution in [3.05, 3.63) is 0 Å². The van der Waals surface area contributed by atoms with E-state index in [-0.39, 0.29) is 51.4 Å². The van der Waals surface area contributed by atoms with E-state index in [2.05, 4.69) is 0 Å². The van der Waals surface area contributed by atoms with Gasteiger partial charge in [0.05, 0.1) is 0 Å². The first kappa shape index (κ1) is 34.9. The predicted octanol–water partition coefficient (Wildman–Crippen LogP) is 4.82. The minimum atomic E-state index is -6.83. The summed E-state index contributed by atoms with van der Waals surface area (Å²) in [4.78, 5) is 0. The van der Waals surface area contributed by atoms with Crippen molar-refractivity contribution in [1.82, 2.24) is 0 Å². The average molecular weight is 451 g/mol. The van der Waals surface area contributed by atoms with Crippen LogP contribution in [0.3, 0.4) is 0 Å². The summed E-state index contributed by atoms with van der Waals surface area (Å²) < 4.78 is 158. The molecule has 129 valence electrons. The molecule has 21 heteroatoms. The Morgan fingerprint density at radius 1 is 0.238 bits per heavy atom. The molecular formula is Al4F16K-4. The quantitative estimate of drug-likeness (QED) is 0.366. The summed E-state index contributed by atoms with van der Waals surface area (Å²) in [7, 11) is 0. The van der Waals surface area contributed by atoms with Gasteiger partial charge in [0.2, 0.25) is 0 Å². The monoisotopic (exact) mass is 451 g/mol. The topological polar surface area (TPSA) is 0 Å². The van der Waals surface area contributed by atoms with E-state index in [4.69, 9.17) is 0 Å². The first-order valence-corrected chi connectivity index (χ1v) is 10.5. The predicted molar refractivity (Wildman–Crippen MR) is 46.5 cm³/mol. The molecule has 0 spiro atoms. The molecule has 0 rings (SSSR count). The zero-order chi connectivity index (χ0) is 18.0. The first-order chi connectivity index (χ1) is 8.00. The minimum Gasteiger partial charge on any atom is -0.510 e. The maximum atomic E-state index is 9.85. The Morgan fingerprint density at radius 2 is 0.238 bits per heavy atom. The maximum Gasteiger partial charge on any atom is 1.04 e. The van der Waals surface area contributed by atoms with Gasteiger partial charge in [-0.05, 0) is 0 Å². The van der Waals surface area contributed by atoms with Crippen molar-refractivity contribution in [2.24, 2.45) is 0 Å². The van der Waals surface area contributed by atoms with Crippen molar-refractivity contribution >= 4 is 111 Å². The molecule has 0 fully saturated rings.